The molecule has 1 aromatic carbocycles. The summed E-state index contributed by atoms with van der Waals surface area (Å²) in [6.07, 6.45) is 1.87. The maximum atomic E-state index is 5.71. The van der Waals surface area contributed by atoms with E-state index in [4.69, 9.17) is 15.3 Å². The van der Waals surface area contributed by atoms with Gasteiger partial charge in [-0.05, 0) is 44.8 Å². The summed E-state index contributed by atoms with van der Waals surface area (Å²) in [7, 11) is 4.11. The number of benzene rings is 1. The highest BCUT2D eigenvalue weighted by molar-refractivity contribution is 5.44. The van der Waals surface area contributed by atoms with Gasteiger partial charge in [-0.25, -0.2) is 0 Å². The second kappa shape index (κ2) is 6.75. The summed E-state index contributed by atoms with van der Waals surface area (Å²) in [5, 5.41) is 0. The van der Waals surface area contributed by atoms with Crippen molar-refractivity contribution in [3.63, 3.8) is 0 Å². The van der Waals surface area contributed by atoms with Gasteiger partial charge in [0, 0.05) is 12.5 Å². The second-order valence-electron chi connectivity index (χ2n) is 5.07. The van der Waals surface area contributed by atoms with Gasteiger partial charge >= 0.3 is 0 Å². The van der Waals surface area contributed by atoms with Gasteiger partial charge in [-0.2, -0.15) is 0 Å². The Bertz CT molecular complexity index is 410. The lowest BCUT2D eigenvalue weighted by Gasteiger charge is -2.20. The van der Waals surface area contributed by atoms with Crippen LogP contribution in [0.1, 0.15) is 24.4 Å². The van der Waals surface area contributed by atoms with Crippen molar-refractivity contribution in [1.82, 2.24) is 10.3 Å². The first-order valence-electron chi connectivity index (χ1n) is 6.71. The topological polar surface area (TPSA) is 59.8 Å². The predicted molar refractivity (Wildman–Crippen MR) is 75.3 cm³/mol. The van der Waals surface area contributed by atoms with Crippen LogP contribution < -0.4 is 20.7 Å². The third-order valence-corrected chi connectivity index (χ3v) is 3.24. The lowest BCUT2D eigenvalue weighted by Crippen LogP contribution is -2.30. The zero-order valence-corrected chi connectivity index (χ0v) is 11.7. The molecule has 3 N–H and O–H groups in total. The van der Waals surface area contributed by atoms with E-state index in [9.17, 15) is 0 Å². The third kappa shape index (κ3) is 3.83. The van der Waals surface area contributed by atoms with Gasteiger partial charge < -0.3 is 14.4 Å². The van der Waals surface area contributed by atoms with Crippen LogP contribution in [0.3, 0.4) is 0 Å². The zero-order valence-electron chi connectivity index (χ0n) is 11.7. The van der Waals surface area contributed by atoms with E-state index in [0.717, 1.165) is 36.4 Å². The summed E-state index contributed by atoms with van der Waals surface area (Å²) in [5.41, 5.74) is 4.01. The first kappa shape index (κ1) is 14.1. The number of ether oxygens (including phenoxy) is 2. The smallest absolute Gasteiger partial charge is 0.161 e. The van der Waals surface area contributed by atoms with Gasteiger partial charge in [0.25, 0.3) is 0 Å². The Hall–Kier alpha value is -1.30. The Morgan fingerprint density at radius 2 is 2.00 bits per heavy atom. The molecule has 0 fully saturated rings. The standard InChI is InChI=1S/C14H23N3O2/c1-17(2)7-6-12(16-15)11-4-5-13-14(10-11)19-9-3-8-18-13/h4-5,10,12,16H,3,6-9,15H2,1-2H3. The molecule has 5 heteroatoms. The summed E-state index contributed by atoms with van der Waals surface area (Å²) >= 11 is 0. The first-order valence-corrected chi connectivity index (χ1v) is 6.71. The number of hydrazine groups is 1. The van der Waals surface area contributed by atoms with Crippen molar-refractivity contribution in [2.45, 2.75) is 18.9 Å². The van der Waals surface area contributed by atoms with Gasteiger partial charge in [0.1, 0.15) is 0 Å². The fourth-order valence-electron chi connectivity index (χ4n) is 2.13. The largest absolute Gasteiger partial charge is 0.490 e. The van der Waals surface area contributed by atoms with Crippen molar-refractivity contribution in [3.05, 3.63) is 23.8 Å². The minimum atomic E-state index is 0.125. The average molecular weight is 265 g/mol. The van der Waals surface area contributed by atoms with Crippen LogP contribution in [0.5, 0.6) is 11.5 Å². The number of nitrogens with two attached hydrogens (primary N) is 1. The van der Waals surface area contributed by atoms with Crippen LogP contribution in [0.2, 0.25) is 0 Å². The molecule has 0 aliphatic carbocycles. The van der Waals surface area contributed by atoms with Crippen LogP contribution in [0, 0.1) is 0 Å². The van der Waals surface area contributed by atoms with Gasteiger partial charge in [0.2, 0.25) is 0 Å². The van der Waals surface area contributed by atoms with Crippen molar-refractivity contribution >= 4 is 0 Å². The molecule has 0 aromatic heterocycles. The summed E-state index contributed by atoms with van der Waals surface area (Å²) < 4.78 is 11.3. The van der Waals surface area contributed by atoms with Gasteiger partial charge in [-0.1, -0.05) is 6.07 Å². The van der Waals surface area contributed by atoms with E-state index < -0.39 is 0 Å². The van der Waals surface area contributed by atoms with Gasteiger partial charge in [0.15, 0.2) is 11.5 Å². The Labute approximate surface area is 114 Å². The van der Waals surface area contributed by atoms with Crippen LogP contribution >= 0.6 is 0 Å². The maximum absolute atomic E-state index is 5.71. The highest BCUT2D eigenvalue weighted by Crippen LogP contribution is 2.32. The normalized spacial score (nSPS) is 16.2. The van der Waals surface area contributed by atoms with Crippen LogP contribution in [-0.4, -0.2) is 38.8 Å². The molecule has 0 saturated heterocycles. The molecule has 0 bridgehead atoms. The van der Waals surface area contributed by atoms with E-state index in [0.29, 0.717) is 13.2 Å². The molecule has 106 valence electrons. The minimum absolute atomic E-state index is 0.125. The molecule has 1 aliphatic heterocycles. The molecule has 0 amide bonds. The fraction of sp³-hybridized carbons (Fsp3) is 0.571. The van der Waals surface area contributed by atoms with Crippen LogP contribution in [0.15, 0.2) is 18.2 Å². The Kier molecular flexibility index (Phi) is 5.01. The summed E-state index contributed by atoms with van der Waals surface area (Å²) in [6.45, 7) is 2.39. The van der Waals surface area contributed by atoms with Crippen molar-refractivity contribution in [3.8, 4) is 11.5 Å². The molecule has 2 rings (SSSR count). The quantitative estimate of drug-likeness (QED) is 0.621. The zero-order chi connectivity index (χ0) is 13.7. The fourth-order valence-corrected chi connectivity index (χ4v) is 2.13. The Morgan fingerprint density at radius 3 is 2.68 bits per heavy atom. The Balaban J connectivity index is 2.12. The van der Waals surface area contributed by atoms with Gasteiger partial charge in [-0.15, -0.1) is 0 Å². The molecule has 0 spiro atoms. The molecule has 19 heavy (non-hydrogen) atoms. The number of nitrogens with one attached hydrogen (secondary N) is 1. The van der Waals surface area contributed by atoms with Crippen LogP contribution in [0.25, 0.3) is 0 Å². The molecule has 1 unspecified atom stereocenters. The van der Waals surface area contributed by atoms with Crippen molar-refractivity contribution in [2.75, 3.05) is 33.9 Å². The third-order valence-electron chi connectivity index (χ3n) is 3.24. The van der Waals surface area contributed by atoms with E-state index in [2.05, 4.69) is 24.4 Å². The highest BCUT2D eigenvalue weighted by atomic mass is 16.5. The van der Waals surface area contributed by atoms with Crippen LogP contribution in [-0.2, 0) is 0 Å². The number of fused-ring (bicyclic) bond motifs is 1. The van der Waals surface area contributed by atoms with Crippen LogP contribution in [0.4, 0.5) is 0 Å². The molecule has 1 aromatic rings. The molecule has 1 heterocycles. The second-order valence-corrected chi connectivity index (χ2v) is 5.07. The molecular weight excluding hydrogens is 242 g/mol. The Morgan fingerprint density at radius 1 is 1.26 bits per heavy atom. The number of hydrogen-bond donors (Lipinski definition) is 2. The van der Waals surface area contributed by atoms with E-state index in [1.54, 1.807) is 0 Å². The summed E-state index contributed by atoms with van der Waals surface area (Å²) in [6, 6.07) is 6.17. The summed E-state index contributed by atoms with van der Waals surface area (Å²) in [5.74, 6) is 7.30. The van der Waals surface area contributed by atoms with Crippen molar-refractivity contribution < 1.29 is 9.47 Å². The number of rotatable bonds is 5. The number of hydrogen-bond acceptors (Lipinski definition) is 5. The van der Waals surface area contributed by atoms with E-state index in [1.165, 1.54) is 0 Å². The monoisotopic (exact) mass is 265 g/mol. The lowest BCUT2D eigenvalue weighted by molar-refractivity contribution is 0.296. The average Bonchev–Trinajstić information content (AvgIpc) is 2.63. The van der Waals surface area contributed by atoms with Gasteiger partial charge in [-0.3, -0.25) is 11.3 Å². The van der Waals surface area contributed by atoms with E-state index in [-0.39, 0.29) is 6.04 Å². The SMILES string of the molecule is CN(C)CCC(NN)c1ccc2c(c1)OCCCO2. The molecule has 1 aliphatic rings. The van der Waals surface area contributed by atoms with Crippen molar-refractivity contribution in [2.24, 2.45) is 5.84 Å². The molecule has 0 radical (unpaired) electrons. The highest BCUT2D eigenvalue weighted by Gasteiger charge is 2.15. The van der Waals surface area contributed by atoms with Gasteiger partial charge in [0.05, 0.1) is 13.2 Å². The van der Waals surface area contributed by atoms with E-state index >= 15 is 0 Å². The predicted octanol–water partition coefficient (Wildman–Crippen LogP) is 1.30. The molecule has 0 saturated carbocycles. The number of nitrogens with zero attached hydrogens (tertiary/aromatic N) is 1. The first-order chi connectivity index (χ1) is 9.20. The molecule has 1 atom stereocenters. The molecule has 5 nitrogen and oxygen atoms in total. The maximum Gasteiger partial charge on any atom is 0.161 e. The molecular formula is C14H23N3O2. The van der Waals surface area contributed by atoms with Crippen molar-refractivity contribution in [1.29, 1.82) is 0 Å². The lowest BCUT2D eigenvalue weighted by atomic mass is 10.0. The minimum Gasteiger partial charge on any atom is -0.490 e. The summed E-state index contributed by atoms with van der Waals surface area (Å²) in [4.78, 5) is 2.15. The van der Waals surface area contributed by atoms with E-state index in [1.807, 2.05) is 18.2 Å².